The molecule has 2 atom stereocenters. The summed E-state index contributed by atoms with van der Waals surface area (Å²) in [6.07, 6.45) is -1.23. The Kier molecular flexibility index (Phi) is 6.81. The first-order valence-corrected chi connectivity index (χ1v) is 9.40. The van der Waals surface area contributed by atoms with Crippen molar-refractivity contribution < 1.29 is 31.0 Å². The molecule has 0 aromatic rings. The van der Waals surface area contributed by atoms with Crippen molar-refractivity contribution in [2.45, 2.75) is 65.6 Å². The lowest BCUT2D eigenvalue weighted by Crippen LogP contribution is -2.44. The maximum atomic E-state index is 10.3. The molecule has 0 aliphatic heterocycles. The fraction of sp³-hybridized carbons (Fsp3) is 0.579. The van der Waals surface area contributed by atoms with E-state index in [9.17, 15) is 31.0 Å². The summed E-state index contributed by atoms with van der Waals surface area (Å²) < 4.78 is 0. The van der Waals surface area contributed by atoms with Crippen LogP contribution in [0.4, 0.5) is 0 Å². The summed E-state index contributed by atoms with van der Waals surface area (Å²) in [5.41, 5.74) is 2.07. The molecule has 29 heavy (non-hydrogen) atoms. The summed E-state index contributed by atoms with van der Waals surface area (Å²) in [7, 11) is 0. The number of allylic oxidation sites excluding steroid dienone is 2. The second-order valence-electron chi connectivity index (χ2n) is 7.31. The Balaban J connectivity index is 2.84. The molecule has 2 unspecified atom stereocenters. The van der Waals surface area contributed by atoms with E-state index in [2.05, 4.69) is 20.6 Å². The lowest BCUT2D eigenvalue weighted by molar-refractivity contribution is 0.258. The Morgan fingerprint density at radius 2 is 1.07 bits per heavy atom. The second kappa shape index (κ2) is 8.75. The zero-order valence-electron chi connectivity index (χ0n) is 17.0. The summed E-state index contributed by atoms with van der Waals surface area (Å²) in [5, 5.41) is 71.1. The first-order chi connectivity index (χ1) is 13.8. The van der Waals surface area contributed by atoms with Gasteiger partial charge in [-0.3, -0.25) is 0 Å². The van der Waals surface area contributed by atoms with Crippen LogP contribution in [-0.4, -0.2) is 66.1 Å². The van der Waals surface area contributed by atoms with Gasteiger partial charge in [0.25, 0.3) is 0 Å². The summed E-state index contributed by atoms with van der Waals surface area (Å²) in [6.45, 7) is 7.35. The van der Waals surface area contributed by atoms with E-state index in [0.29, 0.717) is 24.0 Å². The molecule has 0 amide bonds. The van der Waals surface area contributed by atoms with E-state index in [1.807, 2.05) is 13.8 Å². The van der Waals surface area contributed by atoms with Crippen molar-refractivity contribution in [3.8, 4) is 0 Å². The van der Waals surface area contributed by atoms with E-state index in [1.165, 1.54) is 0 Å². The molecule has 0 aromatic carbocycles. The molecule has 2 aliphatic carbocycles. The van der Waals surface area contributed by atoms with Crippen LogP contribution < -0.4 is 0 Å². The first-order valence-electron chi connectivity index (χ1n) is 9.40. The van der Waals surface area contributed by atoms with Gasteiger partial charge in [-0.25, -0.2) is 0 Å². The fourth-order valence-corrected chi connectivity index (χ4v) is 4.64. The molecule has 0 radical (unpaired) electrons. The zero-order chi connectivity index (χ0) is 21.9. The number of hydrogen-bond donors (Lipinski definition) is 6. The van der Waals surface area contributed by atoms with E-state index in [-0.39, 0.29) is 35.7 Å². The summed E-state index contributed by atoms with van der Waals surface area (Å²) >= 11 is 0. The Bertz CT molecular complexity index is 783. The van der Waals surface area contributed by atoms with Crippen molar-refractivity contribution in [1.82, 2.24) is 0 Å². The molecule has 0 fully saturated rings. The summed E-state index contributed by atoms with van der Waals surface area (Å²) in [4.78, 5) is 0. The van der Waals surface area contributed by atoms with Gasteiger partial charge in [-0.05, 0) is 49.0 Å². The van der Waals surface area contributed by atoms with E-state index < -0.39 is 17.6 Å². The largest absolute Gasteiger partial charge is 0.411 e. The quantitative estimate of drug-likeness (QED) is 0.308. The molecule has 0 saturated carbocycles. The topological polar surface area (TPSA) is 171 Å². The van der Waals surface area contributed by atoms with Crippen LogP contribution in [0.25, 0.3) is 0 Å². The standard InChI is InChI=1S/C19H28N4O6/c1-5-19(6-2,11-7-13(20-26)17(24)15(22-28)9(11)3)12-8-14(21-27)18(25)16(23-29)10(12)4/h17-18,24-29H,5-8H2,1-4H3. The number of aliphatic hydroxyl groups excluding tert-OH is 2. The minimum absolute atomic E-state index is 0.00785. The third-order valence-electron chi connectivity index (χ3n) is 6.37. The zero-order valence-corrected chi connectivity index (χ0v) is 17.0. The molecular weight excluding hydrogens is 380 g/mol. The predicted octanol–water partition coefficient (Wildman–Crippen LogP) is 2.28. The Morgan fingerprint density at radius 3 is 1.31 bits per heavy atom. The van der Waals surface area contributed by atoms with Crippen LogP contribution in [0.5, 0.6) is 0 Å². The second-order valence-corrected chi connectivity index (χ2v) is 7.31. The van der Waals surface area contributed by atoms with Gasteiger partial charge in [0.15, 0.2) is 0 Å². The van der Waals surface area contributed by atoms with Gasteiger partial charge in [-0.1, -0.05) is 34.5 Å². The molecule has 2 aliphatic rings. The lowest BCUT2D eigenvalue weighted by Gasteiger charge is -2.44. The molecule has 0 aromatic heterocycles. The number of oxime groups is 4. The number of aliphatic hydroxyl groups is 2. The van der Waals surface area contributed by atoms with Gasteiger partial charge >= 0.3 is 0 Å². The van der Waals surface area contributed by atoms with E-state index in [0.717, 1.165) is 11.1 Å². The van der Waals surface area contributed by atoms with Crippen LogP contribution in [0.1, 0.15) is 53.4 Å². The summed E-state index contributed by atoms with van der Waals surface area (Å²) in [6, 6.07) is 0. The average Bonchev–Trinajstić information content (AvgIpc) is 2.72. The first kappa shape index (κ1) is 22.6. The van der Waals surface area contributed by atoms with Crippen molar-refractivity contribution in [2.24, 2.45) is 26.0 Å². The highest BCUT2D eigenvalue weighted by Crippen LogP contribution is 2.50. The lowest BCUT2D eigenvalue weighted by atomic mass is 9.61. The molecular formula is C19H28N4O6. The highest BCUT2D eigenvalue weighted by atomic mass is 16.4. The van der Waals surface area contributed by atoms with E-state index in [1.54, 1.807) is 13.8 Å². The number of nitrogens with zero attached hydrogens (tertiary/aromatic N) is 4. The van der Waals surface area contributed by atoms with Gasteiger partial charge in [0.1, 0.15) is 23.6 Å². The minimum Gasteiger partial charge on any atom is -0.411 e. The highest BCUT2D eigenvalue weighted by molar-refractivity contribution is 6.22. The molecule has 10 heteroatoms. The fourth-order valence-electron chi connectivity index (χ4n) is 4.64. The Labute approximate surface area is 168 Å². The van der Waals surface area contributed by atoms with Gasteiger partial charge < -0.3 is 31.0 Å². The molecule has 10 nitrogen and oxygen atoms in total. The van der Waals surface area contributed by atoms with Crippen LogP contribution in [0.15, 0.2) is 42.9 Å². The minimum atomic E-state index is -1.33. The van der Waals surface area contributed by atoms with Gasteiger partial charge in [0.05, 0.1) is 11.4 Å². The van der Waals surface area contributed by atoms with Crippen LogP contribution in [0.3, 0.4) is 0 Å². The normalized spacial score (nSPS) is 29.6. The van der Waals surface area contributed by atoms with Gasteiger partial charge in [-0.15, -0.1) is 0 Å². The highest BCUT2D eigenvalue weighted by Gasteiger charge is 2.45. The predicted molar refractivity (Wildman–Crippen MR) is 107 cm³/mol. The van der Waals surface area contributed by atoms with Gasteiger partial charge in [0, 0.05) is 18.3 Å². The third-order valence-corrected chi connectivity index (χ3v) is 6.37. The van der Waals surface area contributed by atoms with Crippen molar-refractivity contribution in [3.05, 3.63) is 22.3 Å². The monoisotopic (exact) mass is 408 g/mol. The molecule has 0 saturated heterocycles. The van der Waals surface area contributed by atoms with Crippen molar-refractivity contribution in [2.75, 3.05) is 0 Å². The van der Waals surface area contributed by atoms with E-state index in [4.69, 9.17) is 0 Å². The van der Waals surface area contributed by atoms with Gasteiger partial charge in [-0.2, -0.15) is 0 Å². The molecule has 160 valence electrons. The van der Waals surface area contributed by atoms with E-state index >= 15 is 0 Å². The molecule has 2 rings (SSSR count). The molecule has 0 bridgehead atoms. The van der Waals surface area contributed by atoms with Crippen molar-refractivity contribution >= 4 is 22.8 Å². The third kappa shape index (κ3) is 3.42. The maximum absolute atomic E-state index is 10.3. The van der Waals surface area contributed by atoms with Gasteiger partial charge in [0.2, 0.25) is 0 Å². The van der Waals surface area contributed by atoms with Crippen molar-refractivity contribution in [3.63, 3.8) is 0 Å². The average molecular weight is 408 g/mol. The Hall–Kier alpha value is -2.72. The maximum Gasteiger partial charge on any atom is 0.141 e. The number of hydrogen-bond acceptors (Lipinski definition) is 10. The summed E-state index contributed by atoms with van der Waals surface area (Å²) in [5.74, 6) is 0. The SMILES string of the molecule is CCC(CC)(C1=C(C)C(=NO)C(O)C(=NO)C1)C1=C(C)C(=NO)C(O)C(=NO)C1. The molecule has 6 N–H and O–H groups in total. The van der Waals surface area contributed by atoms with Crippen LogP contribution in [0.2, 0.25) is 0 Å². The molecule has 0 spiro atoms. The van der Waals surface area contributed by atoms with Crippen molar-refractivity contribution in [1.29, 1.82) is 0 Å². The van der Waals surface area contributed by atoms with Crippen LogP contribution in [0, 0.1) is 5.41 Å². The van der Waals surface area contributed by atoms with Crippen LogP contribution >= 0.6 is 0 Å². The molecule has 0 heterocycles. The Morgan fingerprint density at radius 1 is 0.724 bits per heavy atom. The smallest absolute Gasteiger partial charge is 0.141 e. The number of rotatable bonds is 4. The van der Waals surface area contributed by atoms with Crippen LogP contribution in [-0.2, 0) is 0 Å².